The van der Waals surface area contributed by atoms with Crippen LogP contribution < -0.4 is 16.0 Å². The average molecular weight is 467 g/mol. The molecule has 34 heavy (non-hydrogen) atoms. The molecular formula is C26H34N4O4. The largest absolute Gasteiger partial charge is 0.385 e. The van der Waals surface area contributed by atoms with Gasteiger partial charge in [0.1, 0.15) is 0 Å². The minimum Gasteiger partial charge on any atom is -0.385 e. The maximum Gasteiger partial charge on any atom is 0.253 e. The molecular weight excluding hydrogens is 432 g/mol. The molecule has 0 aliphatic carbocycles. The number of piperidine rings is 1. The van der Waals surface area contributed by atoms with E-state index in [0.717, 1.165) is 32.4 Å². The molecule has 0 atom stereocenters. The Hall–Kier alpha value is -3.39. The molecule has 1 saturated heterocycles. The molecule has 3 N–H and O–H groups in total. The molecule has 0 spiro atoms. The lowest BCUT2D eigenvalue weighted by Crippen LogP contribution is -2.37. The minimum absolute atomic E-state index is 0.00145. The summed E-state index contributed by atoms with van der Waals surface area (Å²) in [5.74, 6) is 0.233. The lowest BCUT2D eigenvalue weighted by atomic mass is 9.98. The van der Waals surface area contributed by atoms with Crippen LogP contribution in [0.4, 0.5) is 11.4 Å². The van der Waals surface area contributed by atoms with Gasteiger partial charge in [0.05, 0.1) is 6.54 Å². The van der Waals surface area contributed by atoms with Crippen molar-refractivity contribution in [3.05, 3.63) is 59.7 Å². The van der Waals surface area contributed by atoms with Crippen LogP contribution in [0.25, 0.3) is 0 Å². The van der Waals surface area contributed by atoms with E-state index in [1.54, 1.807) is 55.6 Å². The Kier molecular flexibility index (Phi) is 9.46. The number of nitrogens with one attached hydrogen (secondary N) is 3. The third kappa shape index (κ3) is 7.59. The number of ether oxygens (including phenoxy) is 1. The summed E-state index contributed by atoms with van der Waals surface area (Å²) in [6.07, 6.45) is 2.78. The van der Waals surface area contributed by atoms with Crippen LogP contribution in [0.2, 0.25) is 0 Å². The van der Waals surface area contributed by atoms with E-state index in [1.165, 1.54) is 0 Å². The number of benzene rings is 2. The second-order valence-electron chi connectivity index (χ2n) is 8.64. The van der Waals surface area contributed by atoms with Gasteiger partial charge in [-0.3, -0.25) is 14.4 Å². The first-order valence-electron chi connectivity index (χ1n) is 11.8. The monoisotopic (exact) mass is 466 g/mol. The quantitative estimate of drug-likeness (QED) is 0.466. The Balaban J connectivity index is 1.50. The first kappa shape index (κ1) is 25.2. The van der Waals surface area contributed by atoms with Crippen LogP contribution in [0.3, 0.4) is 0 Å². The van der Waals surface area contributed by atoms with Crippen molar-refractivity contribution >= 4 is 29.1 Å². The highest BCUT2D eigenvalue weighted by molar-refractivity contribution is 5.98. The van der Waals surface area contributed by atoms with Crippen LogP contribution in [0.5, 0.6) is 0 Å². The molecule has 1 heterocycles. The maximum absolute atomic E-state index is 12.8. The number of rotatable bonds is 10. The molecule has 0 aromatic heterocycles. The van der Waals surface area contributed by atoms with E-state index in [4.69, 9.17) is 4.74 Å². The van der Waals surface area contributed by atoms with Crippen molar-refractivity contribution in [3.8, 4) is 0 Å². The molecule has 1 aliphatic rings. The predicted octanol–water partition coefficient (Wildman–Crippen LogP) is 3.38. The number of nitrogens with zero attached hydrogens (tertiary/aromatic N) is 1. The molecule has 0 unspecified atom stereocenters. The average Bonchev–Trinajstić information content (AvgIpc) is 2.85. The van der Waals surface area contributed by atoms with Crippen LogP contribution in [0.15, 0.2) is 48.5 Å². The van der Waals surface area contributed by atoms with E-state index in [2.05, 4.69) is 22.9 Å². The van der Waals surface area contributed by atoms with Gasteiger partial charge in [-0.2, -0.15) is 0 Å². The van der Waals surface area contributed by atoms with Gasteiger partial charge in [-0.05, 0) is 61.6 Å². The molecule has 2 aromatic rings. The molecule has 0 bridgehead atoms. The van der Waals surface area contributed by atoms with E-state index in [0.29, 0.717) is 41.6 Å². The first-order chi connectivity index (χ1) is 16.5. The van der Waals surface area contributed by atoms with Crippen LogP contribution in [-0.2, 0) is 9.53 Å². The van der Waals surface area contributed by atoms with Crippen LogP contribution in [0.1, 0.15) is 46.9 Å². The van der Waals surface area contributed by atoms with Crippen LogP contribution in [0, 0.1) is 5.92 Å². The lowest BCUT2D eigenvalue weighted by Gasteiger charge is -2.30. The zero-order valence-electron chi connectivity index (χ0n) is 19.9. The fourth-order valence-electron chi connectivity index (χ4n) is 3.80. The highest BCUT2D eigenvalue weighted by Crippen LogP contribution is 2.20. The fraction of sp³-hybridized carbons (Fsp3) is 0.423. The van der Waals surface area contributed by atoms with Gasteiger partial charge in [0.25, 0.3) is 11.8 Å². The fourth-order valence-corrected chi connectivity index (χ4v) is 3.80. The normalized spacial score (nSPS) is 13.9. The zero-order chi connectivity index (χ0) is 24.3. The van der Waals surface area contributed by atoms with E-state index in [1.807, 2.05) is 4.90 Å². The molecule has 8 nitrogen and oxygen atoms in total. The summed E-state index contributed by atoms with van der Waals surface area (Å²) in [5, 5.41) is 8.72. The van der Waals surface area contributed by atoms with Gasteiger partial charge < -0.3 is 25.6 Å². The summed E-state index contributed by atoms with van der Waals surface area (Å²) in [7, 11) is 1.62. The van der Waals surface area contributed by atoms with Gasteiger partial charge in [0.2, 0.25) is 5.91 Å². The van der Waals surface area contributed by atoms with Crippen molar-refractivity contribution in [3.63, 3.8) is 0 Å². The summed E-state index contributed by atoms with van der Waals surface area (Å²) >= 11 is 0. The summed E-state index contributed by atoms with van der Waals surface area (Å²) in [6.45, 7) is 4.90. The van der Waals surface area contributed by atoms with Gasteiger partial charge in [-0.15, -0.1) is 0 Å². The van der Waals surface area contributed by atoms with Crippen molar-refractivity contribution in [2.45, 2.75) is 26.2 Å². The Morgan fingerprint density at radius 3 is 2.41 bits per heavy atom. The summed E-state index contributed by atoms with van der Waals surface area (Å²) in [5.41, 5.74) is 2.33. The summed E-state index contributed by atoms with van der Waals surface area (Å²) < 4.78 is 4.98. The second-order valence-corrected chi connectivity index (χ2v) is 8.64. The Labute approximate surface area is 201 Å². The summed E-state index contributed by atoms with van der Waals surface area (Å²) in [4.78, 5) is 39.4. The number of anilines is 2. The predicted molar refractivity (Wildman–Crippen MR) is 133 cm³/mol. The standard InChI is InChI=1S/C26H34N4O4/c1-19-10-13-30(14-11-19)26(33)21-7-4-9-23(17-21)29-24(31)18-28-22-8-3-6-20(16-22)25(32)27-12-5-15-34-2/h3-4,6-9,16-17,19,28H,5,10-15,18H2,1-2H3,(H,27,32)(H,29,31). The molecule has 2 aromatic carbocycles. The number of carbonyl (C=O) groups is 3. The van der Waals surface area contributed by atoms with Crippen LogP contribution in [-0.4, -0.2) is 62.5 Å². The van der Waals surface area contributed by atoms with Gasteiger partial charge in [-0.1, -0.05) is 19.1 Å². The topological polar surface area (TPSA) is 99.8 Å². The molecule has 1 fully saturated rings. The molecule has 1 aliphatic heterocycles. The number of carbonyl (C=O) groups excluding carboxylic acids is 3. The number of amides is 3. The Bertz CT molecular complexity index is 986. The van der Waals surface area contributed by atoms with Gasteiger partial charge in [0, 0.05) is 55.9 Å². The van der Waals surface area contributed by atoms with E-state index in [9.17, 15) is 14.4 Å². The van der Waals surface area contributed by atoms with E-state index >= 15 is 0 Å². The van der Waals surface area contributed by atoms with Gasteiger partial charge in [0.15, 0.2) is 0 Å². The smallest absolute Gasteiger partial charge is 0.253 e. The maximum atomic E-state index is 12.8. The van der Waals surface area contributed by atoms with Gasteiger partial charge >= 0.3 is 0 Å². The number of hydrogen-bond acceptors (Lipinski definition) is 5. The van der Waals surface area contributed by atoms with Crippen molar-refractivity contribution in [2.75, 3.05) is 50.5 Å². The second kappa shape index (κ2) is 12.7. The molecule has 0 saturated carbocycles. The molecule has 3 amide bonds. The molecule has 0 radical (unpaired) electrons. The Morgan fingerprint density at radius 1 is 1.00 bits per heavy atom. The third-order valence-electron chi connectivity index (χ3n) is 5.85. The van der Waals surface area contributed by atoms with Crippen molar-refractivity contribution in [1.82, 2.24) is 10.2 Å². The first-order valence-corrected chi connectivity index (χ1v) is 11.8. The minimum atomic E-state index is -0.245. The van der Waals surface area contributed by atoms with Crippen molar-refractivity contribution in [2.24, 2.45) is 5.92 Å². The number of hydrogen-bond donors (Lipinski definition) is 3. The number of methoxy groups -OCH3 is 1. The van der Waals surface area contributed by atoms with E-state index < -0.39 is 0 Å². The molecule has 182 valence electrons. The van der Waals surface area contributed by atoms with Crippen molar-refractivity contribution < 1.29 is 19.1 Å². The summed E-state index contributed by atoms with van der Waals surface area (Å²) in [6, 6.07) is 14.0. The molecule has 3 rings (SSSR count). The number of likely N-dealkylation sites (tertiary alicyclic amines) is 1. The third-order valence-corrected chi connectivity index (χ3v) is 5.85. The Morgan fingerprint density at radius 2 is 1.68 bits per heavy atom. The van der Waals surface area contributed by atoms with Gasteiger partial charge in [-0.25, -0.2) is 0 Å². The highest BCUT2D eigenvalue weighted by atomic mass is 16.5. The SMILES string of the molecule is COCCCNC(=O)c1cccc(NCC(=O)Nc2cccc(C(=O)N3CCC(C)CC3)c2)c1. The van der Waals surface area contributed by atoms with Crippen molar-refractivity contribution in [1.29, 1.82) is 0 Å². The van der Waals surface area contributed by atoms with Crippen LogP contribution >= 0.6 is 0 Å². The highest BCUT2D eigenvalue weighted by Gasteiger charge is 2.21. The molecule has 8 heteroatoms. The van der Waals surface area contributed by atoms with E-state index in [-0.39, 0.29) is 24.3 Å². The zero-order valence-corrected chi connectivity index (χ0v) is 19.9. The lowest BCUT2D eigenvalue weighted by molar-refractivity contribution is -0.114.